The van der Waals surface area contributed by atoms with Crippen LogP contribution in [0, 0.1) is 5.82 Å². The fourth-order valence-electron chi connectivity index (χ4n) is 1.60. The fourth-order valence-corrected chi connectivity index (χ4v) is 1.60. The molecule has 0 unspecified atom stereocenters. The smallest absolute Gasteiger partial charge is 0.419 e. The van der Waals surface area contributed by atoms with Crippen molar-refractivity contribution in [2.45, 2.75) is 6.18 Å². The molecule has 2 aromatic carbocycles. The average Bonchev–Trinajstić information content (AvgIpc) is 2.38. The average molecular weight is 284 g/mol. The molecule has 0 saturated carbocycles. The van der Waals surface area contributed by atoms with Crippen LogP contribution in [0.1, 0.15) is 15.9 Å². The Labute approximate surface area is 111 Å². The van der Waals surface area contributed by atoms with Crippen LogP contribution in [0.4, 0.5) is 17.6 Å². The van der Waals surface area contributed by atoms with E-state index in [1.165, 1.54) is 12.1 Å². The van der Waals surface area contributed by atoms with E-state index in [2.05, 4.69) is 0 Å². The van der Waals surface area contributed by atoms with Gasteiger partial charge in [-0.1, -0.05) is 12.1 Å². The van der Waals surface area contributed by atoms with Gasteiger partial charge in [0.25, 0.3) is 0 Å². The molecule has 0 amide bonds. The minimum Gasteiger partial charge on any atom is -0.456 e. The highest BCUT2D eigenvalue weighted by Crippen LogP contribution is 2.38. The first kappa shape index (κ1) is 14.0. The summed E-state index contributed by atoms with van der Waals surface area (Å²) in [6, 6.07) is 7.51. The quantitative estimate of drug-likeness (QED) is 0.615. The maximum atomic E-state index is 13.1. The Bertz CT molecular complexity index is 635. The van der Waals surface area contributed by atoms with Crippen LogP contribution in [0.15, 0.2) is 42.5 Å². The van der Waals surface area contributed by atoms with E-state index in [4.69, 9.17) is 4.74 Å². The van der Waals surface area contributed by atoms with Gasteiger partial charge in [-0.25, -0.2) is 4.39 Å². The Hall–Kier alpha value is -2.37. The SMILES string of the molecule is O=Cc1ccc(F)cc1Oc1ccccc1C(F)(F)F. The Morgan fingerprint density at radius 2 is 1.70 bits per heavy atom. The number of halogens is 4. The van der Waals surface area contributed by atoms with Gasteiger partial charge in [-0.2, -0.15) is 13.2 Å². The molecule has 0 spiro atoms. The van der Waals surface area contributed by atoms with Gasteiger partial charge in [-0.15, -0.1) is 0 Å². The van der Waals surface area contributed by atoms with Gasteiger partial charge in [0.2, 0.25) is 0 Å². The van der Waals surface area contributed by atoms with Crippen LogP contribution < -0.4 is 4.74 Å². The number of aldehydes is 1. The van der Waals surface area contributed by atoms with Crippen molar-refractivity contribution in [3.05, 3.63) is 59.4 Å². The maximum absolute atomic E-state index is 13.1. The molecule has 0 N–H and O–H groups in total. The second-order valence-corrected chi connectivity index (χ2v) is 3.90. The van der Waals surface area contributed by atoms with Gasteiger partial charge in [0.1, 0.15) is 17.3 Å². The predicted molar refractivity (Wildman–Crippen MR) is 63.3 cm³/mol. The van der Waals surface area contributed by atoms with Gasteiger partial charge in [0, 0.05) is 6.07 Å². The summed E-state index contributed by atoms with van der Waals surface area (Å²) in [4.78, 5) is 10.8. The molecule has 0 bridgehead atoms. The Morgan fingerprint density at radius 1 is 1.00 bits per heavy atom. The molecule has 104 valence electrons. The summed E-state index contributed by atoms with van der Waals surface area (Å²) < 4.78 is 56.5. The molecule has 0 aliphatic rings. The third-order valence-electron chi connectivity index (χ3n) is 2.51. The molecule has 0 aliphatic carbocycles. The van der Waals surface area contributed by atoms with Crippen LogP contribution in [0.5, 0.6) is 11.5 Å². The zero-order valence-corrected chi connectivity index (χ0v) is 9.95. The van der Waals surface area contributed by atoms with Crippen molar-refractivity contribution in [2.75, 3.05) is 0 Å². The topological polar surface area (TPSA) is 26.3 Å². The molecule has 2 rings (SSSR count). The van der Waals surface area contributed by atoms with E-state index in [0.29, 0.717) is 6.29 Å². The molecule has 2 aromatic rings. The number of benzene rings is 2. The first-order chi connectivity index (χ1) is 9.41. The van der Waals surface area contributed by atoms with Crippen molar-refractivity contribution >= 4 is 6.29 Å². The van der Waals surface area contributed by atoms with Crippen molar-refractivity contribution in [3.8, 4) is 11.5 Å². The van der Waals surface area contributed by atoms with Gasteiger partial charge in [0.05, 0.1) is 11.1 Å². The van der Waals surface area contributed by atoms with Crippen molar-refractivity contribution < 1.29 is 27.1 Å². The molecule has 0 radical (unpaired) electrons. The highest BCUT2D eigenvalue weighted by atomic mass is 19.4. The van der Waals surface area contributed by atoms with Crippen LogP contribution in [-0.4, -0.2) is 6.29 Å². The summed E-state index contributed by atoms with van der Waals surface area (Å²) in [7, 11) is 0. The van der Waals surface area contributed by atoms with Gasteiger partial charge in [-0.05, 0) is 24.3 Å². The zero-order valence-electron chi connectivity index (χ0n) is 9.95. The van der Waals surface area contributed by atoms with Crippen LogP contribution in [0.3, 0.4) is 0 Å². The summed E-state index contributed by atoms with van der Waals surface area (Å²) in [6.07, 6.45) is -4.23. The molecular weight excluding hydrogens is 276 g/mol. The van der Waals surface area contributed by atoms with E-state index in [1.807, 2.05) is 0 Å². The third kappa shape index (κ3) is 2.96. The number of alkyl halides is 3. The van der Waals surface area contributed by atoms with Crippen molar-refractivity contribution in [2.24, 2.45) is 0 Å². The van der Waals surface area contributed by atoms with E-state index in [1.54, 1.807) is 0 Å². The van der Waals surface area contributed by atoms with Crippen LogP contribution in [0.25, 0.3) is 0 Å². The Balaban J connectivity index is 2.45. The molecular formula is C14H8F4O2. The van der Waals surface area contributed by atoms with Crippen molar-refractivity contribution in [1.82, 2.24) is 0 Å². The largest absolute Gasteiger partial charge is 0.456 e. The minimum atomic E-state index is -4.61. The number of hydrogen-bond donors (Lipinski definition) is 0. The molecule has 0 fully saturated rings. The van der Waals surface area contributed by atoms with Gasteiger partial charge in [-0.3, -0.25) is 4.79 Å². The predicted octanol–water partition coefficient (Wildman–Crippen LogP) is 4.45. The van der Waals surface area contributed by atoms with Crippen LogP contribution >= 0.6 is 0 Å². The second-order valence-electron chi connectivity index (χ2n) is 3.90. The third-order valence-corrected chi connectivity index (χ3v) is 2.51. The molecule has 20 heavy (non-hydrogen) atoms. The normalized spacial score (nSPS) is 11.2. The van der Waals surface area contributed by atoms with Crippen LogP contribution in [-0.2, 0) is 6.18 Å². The first-order valence-corrected chi connectivity index (χ1v) is 5.50. The molecule has 0 aromatic heterocycles. The number of ether oxygens (including phenoxy) is 1. The summed E-state index contributed by atoms with van der Waals surface area (Å²) in [5.74, 6) is -1.47. The lowest BCUT2D eigenvalue weighted by Crippen LogP contribution is -2.07. The van der Waals surface area contributed by atoms with Gasteiger partial charge in [0.15, 0.2) is 6.29 Å². The molecule has 0 atom stereocenters. The maximum Gasteiger partial charge on any atom is 0.419 e. The number of carbonyl (C=O) groups is 1. The lowest BCUT2D eigenvalue weighted by Gasteiger charge is -2.14. The lowest BCUT2D eigenvalue weighted by molar-refractivity contribution is -0.138. The van der Waals surface area contributed by atoms with Gasteiger partial charge >= 0.3 is 6.18 Å². The van der Waals surface area contributed by atoms with E-state index >= 15 is 0 Å². The van der Waals surface area contributed by atoms with Crippen LogP contribution in [0.2, 0.25) is 0 Å². The van der Waals surface area contributed by atoms with E-state index in [9.17, 15) is 22.4 Å². The van der Waals surface area contributed by atoms with Crippen molar-refractivity contribution in [1.29, 1.82) is 0 Å². The highest BCUT2D eigenvalue weighted by molar-refractivity contribution is 5.79. The minimum absolute atomic E-state index is 0.0385. The monoisotopic (exact) mass is 284 g/mol. The highest BCUT2D eigenvalue weighted by Gasteiger charge is 2.34. The van der Waals surface area contributed by atoms with E-state index < -0.39 is 23.3 Å². The standard InChI is InChI=1S/C14H8F4O2/c15-10-6-5-9(8-19)13(7-10)20-12-4-2-1-3-11(12)14(16,17)18/h1-8H. The molecule has 0 heterocycles. The van der Waals surface area contributed by atoms with Crippen molar-refractivity contribution in [3.63, 3.8) is 0 Å². The fraction of sp³-hybridized carbons (Fsp3) is 0.0714. The van der Waals surface area contributed by atoms with E-state index in [-0.39, 0.29) is 11.3 Å². The van der Waals surface area contributed by atoms with E-state index in [0.717, 1.165) is 30.3 Å². The Kier molecular flexibility index (Phi) is 3.74. The lowest BCUT2D eigenvalue weighted by atomic mass is 10.2. The molecule has 6 heteroatoms. The first-order valence-electron chi connectivity index (χ1n) is 5.50. The zero-order chi connectivity index (χ0) is 14.8. The van der Waals surface area contributed by atoms with Gasteiger partial charge < -0.3 is 4.74 Å². The molecule has 0 aliphatic heterocycles. The molecule has 2 nitrogen and oxygen atoms in total. The molecule has 0 saturated heterocycles. The summed E-state index contributed by atoms with van der Waals surface area (Å²) in [5.41, 5.74) is -1.04. The number of carbonyl (C=O) groups excluding carboxylic acids is 1. The summed E-state index contributed by atoms with van der Waals surface area (Å²) in [5, 5.41) is 0. The Morgan fingerprint density at radius 3 is 2.35 bits per heavy atom. The summed E-state index contributed by atoms with van der Waals surface area (Å²) >= 11 is 0. The number of hydrogen-bond acceptors (Lipinski definition) is 2. The number of rotatable bonds is 3. The summed E-state index contributed by atoms with van der Waals surface area (Å²) in [6.45, 7) is 0. The second kappa shape index (κ2) is 5.32. The number of para-hydroxylation sites is 1.